The average Bonchev–Trinajstić information content (AvgIpc) is 2.45. The quantitative estimate of drug-likeness (QED) is 0.825. The number of nitrogens with one attached hydrogen (secondary N) is 1. The van der Waals surface area contributed by atoms with Crippen molar-refractivity contribution in [3.05, 3.63) is 68.6 Å². The highest BCUT2D eigenvalue weighted by atomic mass is 79.9. The van der Waals surface area contributed by atoms with E-state index >= 15 is 0 Å². The summed E-state index contributed by atoms with van der Waals surface area (Å²) >= 11 is 6.68. The lowest BCUT2D eigenvalue weighted by Gasteiger charge is -2.13. The van der Waals surface area contributed by atoms with Crippen LogP contribution < -0.4 is 5.32 Å². The third-order valence-corrected chi connectivity index (χ3v) is 3.97. The van der Waals surface area contributed by atoms with E-state index in [9.17, 15) is 9.90 Å². The minimum Gasteiger partial charge on any atom is -0.387 e. The first-order chi connectivity index (χ1) is 9.58. The molecule has 104 valence electrons. The van der Waals surface area contributed by atoms with Crippen molar-refractivity contribution in [2.75, 3.05) is 6.54 Å². The second-order valence-electron chi connectivity index (χ2n) is 4.26. The molecule has 0 saturated carbocycles. The number of hydrogen-bond acceptors (Lipinski definition) is 2. The molecular weight excluding hydrogens is 386 g/mol. The Morgan fingerprint density at radius 2 is 1.85 bits per heavy atom. The normalized spacial score (nSPS) is 11.9. The van der Waals surface area contributed by atoms with Gasteiger partial charge >= 0.3 is 0 Å². The molecule has 0 radical (unpaired) electrons. The van der Waals surface area contributed by atoms with Gasteiger partial charge in [-0.1, -0.05) is 46.3 Å². The summed E-state index contributed by atoms with van der Waals surface area (Å²) in [5.74, 6) is -0.223. The Kier molecular flexibility index (Phi) is 5.34. The van der Waals surface area contributed by atoms with Crippen LogP contribution in [0.1, 0.15) is 22.0 Å². The van der Waals surface area contributed by atoms with Gasteiger partial charge in [0, 0.05) is 15.5 Å². The smallest absolute Gasteiger partial charge is 0.252 e. The van der Waals surface area contributed by atoms with Gasteiger partial charge in [0.05, 0.1) is 11.7 Å². The summed E-state index contributed by atoms with van der Waals surface area (Å²) in [6, 6.07) is 14.6. The molecule has 0 aliphatic heterocycles. The average molecular weight is 399 g/mol. The van der Waals surface area contributed by atoms with Crippen molar-refractivity contribution < 1.29 is 9.90 Å². The van der Waals surface area contributed by atoms with Crippen molar-refractivity contribution in [1.82, 2.24) is 5.32 Å². The number of amides is 1. The van der Waals surface area contributed by atoms with Crippen LogP contribution >= 0.6 is 31.9 Å². The Balaban J connectivity index is 1.99. The van der Waals surface area contributed by atoms with Gasteiger partial charge in [-0.05, 0) is 39.7 Å². The zero-order valence-electron chi connectivity index (χ0n) is 10.5. The van der Waals surface area contributed by atoms with Crippen LogP contribution in [0.4, 0.5) is 0 Å². The standard InChI is InChI=1S/C15H13Br2NO2/c16-11-6-7-12(13(17)8-11)15(20)18-9-14(19)10-4-2-1-3-5-10/h1-8,14,19H,9H2,(H,18,20). The zero-order valence-corrected chi connectivity index (χ0v) is 13.7. The summed E-state index contributed by atoms with van der Waals surface area (Å²) < 4.78 is 1.60. The number of benzene rings is 2. The Morgan fingerprint density at radius 3 is 2.50 bits per heavy atom. The molecule has 0 aliphatic rings. The van der Waals surface area contributed by atoms with E-state index in [1.54, 1.807) is 12.1 Å². The van der Waals surface area contributed by atoms with Crippen molar-refractivity contribution >= 4 is 37.8 Å². The van der Waals surface area contributed by atoms with Crippen LogP contribution in [0.25, 0.3) is 0 Å². The first-order valence-electron chi connectivity index (χ1n) is 6.04. The SMILES string of the molecule is O=C(NCC(O)c1ccccc1)c1ccc(Br)cc1Br. The summed E-state index contributed by atoms with van der Waals surface area (Å²) in [6.45, 7) is 0.172. The van der Waals surface area contributed by atoms with E-state index in [1.807, 2.05) is 36.4 Å². The maximum absolute atomic E-state index is 12.0. The third kappa shape index (κ3) is 3.91. The molecule has 20 heavy (non-hydrogen) atoms. The van der Waals surface area contributed by atoms with Crippen molar-refractivity contribution in [2.45, 2.75) is 6.10 Å². The van der Waals surface area contributed by atoms with Gasteiger partial charge in [-0.15, -0.1) is 0 Å². The molecule has 1 unspecified atom stereocenters. The van der Waals surface area contributed by atoms with Crippen LogP contribution in [0, 0.1) is 0 Å². The Morgan fingerprint density at radius 1 is 1.15 bits per heavy atom. The number of aliphatic hydroxyl groups excluding tert-OH is 1. The summed E-state index contributed by atoms with van der Waals surface area (Å²) in [5, 5.41) is 12.7. The van der Waals surface area contributed by atoms with Crippen LogP contribution in [-0.2, 0) is 0 Å². The second-order valence-corrected chi connectivity index (χ2v) is 6.03. The summed E-state index contributed by atoms with van der Waals surface area (Å²) in [7, 11) is 0. The monoisotopic (exact) mass is 397 g/mol. The highest BCUT2D eigenvalue weighted by Gasteiger charge is 2.13. The van der Waals surface area contributed by atoms with E-state index in [0.717, 1.165) is 10.0 Å². The van der Waals surface area contributed by atoms with Crippen molar-refractivity contribution in [1.29, 1.82) is 0 Å². The van der Waals surface area contributed by atoms with Crippen LogP contribution in [0.5, 0.6) is 0 Å². The molecule has 0 spiro atoms. The van der Waals surface area contributed by atoms with E-state index in [4.69, 9.17) is 0 Å². The third-order valence-electron chi connectivity index (χ3n) is 2.82. The van der Waals surface area contributed by atoms with Crippen molar-refractivity contribution in [3.8, 4) is 0 Å². The molecule has 2 N–H and O–H groups in total. The van der Waals surface area contributed by atoms with Crippen LogP contribution in [0.15, 0.2) is 57.5 Å². The number of carbonyl (C=O) groups is 1. The molecule has 3 nitrogen and oxygen atoms in total. The van der Waals surface area contributed by atoms with Gasteiger partial charge in [0.15, 0.2) is 0 Å². The van der Waals surface area contributed by atoms with Gasteiger partial charge in [0.2, 0.25) is 0 Å². The molecule has 1 amide bonds. The van der Waals surface area contributed by atoms with Gasteiger partial charge in [-0.2, -0.15) is 0 Å². The first-order valence-corrected chi connectivity index (χ1v) is 7.63. The van der Waals surface area contributed by atoms with Gasteiger partial charge in [-0.3, -0.25) is 4.79 Å². The maximum atomic E-state index is 12.0. The fourth-order valence-electron chi connectivity index (χ4n) is 1.75. The van der Waals surface area contributed by atoms with E-state index in [0.29, 0.717) is 10.0 Å². The molecule has 2 rings (SSSR count). The molecule has 0 aromatic heterocycles. The minimum atomic E-state index is -0.714. The Labute approximate surface area is 134 Å². The maximum Gasteiger partial charge on any atom is 0.252 e. The number of carbonyl (C=O) groups excluding carboxylic acids is 1. The molecule has 0 heterocycles. The van der Waals surface area contributed by atoms with Gasteiger partial charge < -0.3 is 10.4 Å². The number of aliphatic hydroxyl groups is 1. The largest absolute Gasteiger partial charge is 0.387 e. The first kappa shape index (κ1) is 15.2. The Bertz CT molecular complexity index is 602. The van der Waals surface area contributed by atoms with Crippen LogP contribution in [0.3, 0.4) is 0 Å². The molecule has 1 atom stereocenters. The van der Waals surface area contributed by atoms with E-state index < -0.39 is 6.10 Å². The van der Waals surface area contributed by atoms with Crippen LogP contribution in [-0.4, -0.2) is 17.6 Å². The van der Waals surface area contributed by atoms with E-state index in [-0.39, 0.29) is 12.5 Å². The van der Waals surface area contributed by atoms with Crippen molar-refractivity contribution in [2.24, 2.45) is 0 Å². The predicted octanol–water partition coefficient (Wildman–Crippen LogP) is 3.68. The van der Waals surface area contributed by atoms with Gasteiger partial charge in [-0.25, -0.2) is 0 Å². The molecule has 0 fully saturated rings. The molecular formula is C15H13Br2NO2. The summed E-state index contributed by atoms with van der Waals surface area (Å²) in [6.07, 6.45) is -0.714. The summed E-state index contributed by atoms with van der Waals surface area (Å²) in [5.41, 5.74) is 1.32. The molecule has 5 heteroatoms. The topological polar surface area (TPSA) is 49.3 Å². The lowest BCUT2D eigenvalue weighted by Crippen LogP contribution is -2.28. The number of halogens is 2. The Hall–Kier alpha value is -1.17. The van der Waals surface area contributed by atoms with Gasteiger partial charge in [0.25, 0.3) is 5.91 Å². The molecule has 0 saturated heterocycles. The molecule has 0 bridgehead atoms. The lowest BCUT2D eigenvalue weighted by molar-refractivity contribution is 0.0915. The predicted molar refractivity (Wildman–Crippen MR) is 85.6 cm³/mol. The van der Waals surface area contributed by atoms with Crippen molar-refractivity contribution in [3.63, 3.8) is 0 Å². The van der Waals surface area contributed by atoms with E-state index in [1.165, 1.54) is 0 Å². The van der Waals surface area contributed by atoms with E-state index in [2.05, 4.69) is 37.2 Å². The number of hydrogen-bond donors (Lipinski definition) is 2. The summed E-state index contributed by atoms with van der Waals surface area (Å²) in [4.78, 5) is 12.0. The fourth-order valence-corrected chi connectivity index (χ4v) is 2.98. The molecule has 2 aromatic rings. The second kappa shape index (κ2) is 7.02. The number of rotatable bonds is 4. The van der Waals surface area contributed by atoms with Crippen LogP contribution in [0.2, 0.25) is 0 Å². The van der Waals surface area contributed by atoms with Gasteiger partial charge in [0.1, 0.15) is 0 Å². The zero-order chi connectivity index (χ0) is 14.5. The lowest BCUT2D eigenvalue weighted by atomic mass is 10.1. The highest BCUT2D eigenvalue weighted by molar-refractivity contribution is 9.11. The molecule has 2 aromatic carbocycles. The highest BCUT2D eigenvalue weighted by Crippen LogP contribution is 2.22. The fraction of sp³-hybridized carbons (Fsp3) is 0.133. The molecule has 0 aliphatic carbocycles. The minimum absolute atomic E-state index is 0.172.